The van der Waals surface area contributed by atoms with Crippen LogP contribution in [-0.4, -0.2) is 19.1 Å². The molecule has 23 heavy (non-hydrogen) atoms. The Hall–Kier alpha value is -2.20. The van der Waals surface area contributed by atoms with E-state index in [4.69, 9.17) is 16.3 Å². The van der Waals surface area contributed by atoms with Crippen molar-refractivity contribution in [1.29, 1.82) is 0 Å². The lowest BCUT2D eigenvalue weighted by Gasteiger charge is -2.10. The summed E-state index contributed by atoms with van der Waals surface area (Å²) in [5.41, 5.74) is 1.59. The number of anilines is 2. The Morgan fingerprint density at radius 1 is 1.04 bits per heavy atom. The van der Waals surface area contributed by atoms with E-state index < -0.39 is 0 Å². The average molecular weight is 333 g/mol. The van der Waals surface area contributed by atoms with Crippen molar-refractivity contribution in [1.82, 2.24) is 0 Å². The predicted octanol–water partition coefficient (Wildman–Crippen LogP) is 4.43. The SMILES string of the molecule is CC(C)COc1ccc(NCC(=O)Nc2ccc(Cl)cc2)cc1. The molecule has 2 aromatic rings. The fourth-order valence-corrected chi connectivity index (χ4v) is 1.98. The summed E-state index contributed by atoms with van der Waals surface area (Å²) < 4.78 is 5.62. The molecule has 0 aliphatic carbocycles. The van der Waals surface area contributed by atoms with Gasteiger partial charge in [-0.2, -0.15) is 0 Å². The first-order valence-electron chi connectivity index (χ1n) is 7.55. The first kappa shape index (κ1) is 17.2. The molecular weight excluding hydrogens is 312 g/mol. The van der Waals surface area contributed by atoms with Crippen LogP contribution in [0.15, 0.2) is 48.5 Å². The lowest BCUT2D eigenvalue weighted by molar-refractivity contribution is -0.114. The van der Waals surface area contributed by atoms with Crippen molar-refractivity contribution in [2.75, 3.05) is 23.8 Å². The van der Waals surface area contributed by atoms with Crippen molar-refractivity contribution in [3.8, 4) is 5.75 Å². The molecule has 0 aliphatic heterocycles. The second-order valence-electron chi connectivity index (χ2n) is 5.64. The van der Waals surface area contributed by atoms with E-state index in [9.17, 15) is 4.79 Å². The Balaban J connectivity index is 1.78. The predicted molar refractivity (Wildman–Crippen MR) is 95.3 cm³/mol. The van der Waals surface area contributed by atoms with Crippen LogP contribution in [0, 0.1) is 5.92 Å². The van der Waals surface area contributed by atoms with Crippen LogP contribution in [0.5, 0.6) is 5.75 Å². The smallest absolute Gasteiger partial charge is 0.243 e. The van der Waals surface area contributed by atoms with Crippen LogP contribution >= 0.6 is 11.6 Å². The maximum absolute atomic E-state index is 11.9. The van der Waals surface area contributed by atoms with Crippen LogP contribution in [0.25, 0.3) is 0 Å². The highest BCUT2D eigenvalue weighted by Crippen LogP contribution is 2.16. The summed E-state index contributed by atoms with van der Waals surface area (Å²) in [5, 5.41) is 6.51. The molecule has 5 heteroatoms. The highest BCUT2D eigenvalue weighted by atomic mass is 35.5. The normalized spacial score (nSPS) is 10.4. The fraction of sp³-hybridized carbons (Fsp3) is 0.278. The highest BCUT2D eigenvalue weighted by molar-refractivity contribution is 6.30. The van der Waals surface area contributed by atoms with Gasteiger partial charge in [-0.1, -0.05) is 25.4 Å². The van der Waals surface area contributed by atoms with Crippen molar-refractivity contribution in [2.24, 2.45) is 5.92 Å². The summed E-state index contributed by atoms with van der Waals surface area (Å²) in [4.78, 5) is 11.9. The molecular formula is C18H21ClN2O2. The zero-order valence-electron chi connectivity index (χ0n) is 13.3. The van der Waals surface area contributed by atoms with Crippen molar-refractivity contribution in [3.63, 3.8) is 0 Å². The number of amides is 1. The summed E-state index contributed by atoms with van der Waals surface area (Å²) in [6.07, 6.45) is 0. The summed E-state index contributed by atoms with van der Waals surface area (Å²) in [6.45, 7) is 5.09. The summed E-state index contributed by atoms with van der Waals surface area (Å²) >= 11 is 5.81. The average Bonchev–Trinajstić information content (AvgIpc) is 2.54. The maximum atomic E-state index is 11.9. The topological polar surface area (TPSA) is 50.4 Å². The van der Waals surface area contributed by atoms with E-state index in [1.54, 1.807) is 24.3 Å². The zero-order chi connectivity index (χ0) is 16.7. The molecule has 0 saturated carbocycles. The molecule has 2 rings (SSSR count). The summed E-state index contributed by atoms with van der Waals surface area (Å²) in [7, 11) is 0. The lowest BCUT2D eigenvalue weighted by Crippen LogP contribution is -2.21. The fourth-order valence-electron chi connectivity index (χ4n) is 1.85. The highest BCUT2D eigenvalue weighted by Gasteiger charge is 2.03. The Morgan fingerprint density at radius 3 is 2.26 bits per heavy atom. The third-order valence-electron chi connectivity index (χ3n) is 3.02. The quantitative estimate of drug-likeness (QED) is 0.788. The van der Waals surface area contributed by atoms with E-state index in [0.29, 0.717) is 17.5 Å². The minimum atomic E-state index is -0.118. The van der Waals surface area contributed by atoms with E-state index >= 15 is 0 Å². The summed E-state index contributed by atoms with van der Waals surface area (Å²) in [6, 6.07) is 14.6. The second kappa shape index (κ2) is 8.44. The van der Waals surface area contributed by atoms with Crippen LogP contribution in [0.1, 0.15) is 13.8 Å². The Bertz CT molecular complexity index is 624. The van der Waals surface area contributed by atoms with Gasteiger partial charge in [0.1, 0.15) is 5.75 Å². The number of nitrogens with one attached hydrogen (secondary N) is 2. The van der Waals surface area contributed by atoms with Gasteiger partial charge in [-0.15, -0.1) is 0 Å². The van der Waals surface area contributed by atoms with Crippen molar-refractivity contribution >= 4 is 28.9 Å². The minimum Gasteiger partial charge on any atom is -0.493 e. The Kier molecular flexibility index (Phi) is 6.29. The van der Waals surface area contributed by atoms with E-state index in [0.717, 1.165) is 17.1 Å². The Morgan fingerprint density at radius 2 is 1.65 bits per heavy atom. The van der Waals surface area contributed by atoms with Crippen LogP contribution in [0.3, 0.4) is 0 Å². The van der Waals surface area contributed by atoms with Gasteiger partial charge in [0, 0.05) is 16.4 Å². The Labute approximate surface area is 141 Å². The minimum absolute atomic E-state index is 0.118. The molecule has 0 spiro atoms. The van der Waals surface area contributed by atoms with Crippen LogP contribution in [-0.2, 0) is 4.79 Å². The molecule has 0 aliphatic rings. The number of benzene rings is 2. The van der Waals surface area contributed by atoms with Gasteiger partial charge in [0.25, 0.3) is 0 Å². The van der Waals surface area contributed by atoms with Crippen molar-refractivity contribution in [3.05, 3.63) is 53.6 Å². The van der Waals surface area contributed by atoms with Crippen LogP contribution in [0.4, 0.5) is 11.4 Å². The number of ether oxygens (including phenoxy) is 1. The number of carbonyl (C=O) groups excluding carboxylic acids is 1. The van der Waals surface area contributed by atoms with Gasteiger partial charge >= 0.3 is 0 Å². The lowest BCUT2D eigenvalue weighted by atomic mass is 10.2. The third kappa shape index (κ3) is 6.20. The molecule has 0 unspecified atom stereocenters. The van der Waals surface area contributed by atoms with Gasteiger partial charge in [0.2, 0.25) is 5.91 Å². The number of hydrogen-bond acceptors (Lipinski definition) is 3. The third-order valence-corrected chi connectivity index (χ3v) is 3.27. The largest absolute Gasteiger partial charge is 0.493 e. The van der Waals surface area contributed by atoms with Crippen LogP contribution in [0.2, 0.25) is 5.02 Å². The molecule has 0 atom stereocenters. The number of carbonyl (C=O) groups is 1. The molecule has 0 heterocycles. The van der Waals surface area contributed by atoms with Crippen LogP contribution < -0.4 is 15.4 Å². The van der Waals surface area contributed by atoms with Gasteiger partial charge in [-0.05, 0) is 54.4 Å². The second-order valence-corrected chi connectivity index (χ2v) is 6.07. The molecule has 0 bridgehead atoms. The number of hydrogen-bond donors (Lipinski definition) is 2. The first-order chi connectivity index (χ1) is 11.0. The number of halogens is 1. The number of rotatable bonds is 7. The molecule has 1 amide bonds. The van der Waals surface area contributed by atoms with Crippen molar-refractivity contribution < 1.29 is 9.53 Å². The molecule has 0 radical (unpaired) electrons. The van der Waals surface area contributed by atoms with E-state index in [1.165, 1.54) is 0 Å². The molecule has 4 nitrogen and oxygen atoms in total. The molecule has 0 saturated heterocycles. The van der Waals surface area contributed by atoms with Gasteiger partial charge in [0.15, 0.2) is 0 Å². The molecule has 0 aromatic heterocycles. The van der Waals surface area contributed by atoms with Crippen molar-refractivity contribution in [2.45, 2.75) is 13.8 Å². The van der Waals surface area contributed by atoms with E-state index in [2.05, 4.69) is 24.5 Å². The standard InChI is InChI=1S/C18H21ClN2O2/c1-13(2)12-23-17-9-7-15(8-10-17)20-11-18(22)21-16-5-3-14(19)4-6-16/h3-10,13,20H,11-12H2,1-2H3,(H,21,22). The van der Waals surface area contributed by atoms with Gasteiger partial charge in [0.05, 0.1) is 13.2 Å². The first-order valence-corrected chi connectivity index (χ1v) is 7.93. The van der Waals surface area contributed by atoms with E-state index in [1.807, 2.05) is 24.3 Å². The molecule has 2 N–H and O–H groups in total. The van der Waals surface area contributed by atoms with Gasteiger partial charge in [-0.3, -0.25) is 4.79 Å². The van der Waals surface area contributed by atoms with Gasteiger partial charge in [-0.25, -0.2) is 0 Å². The zero-order valence-corrected chi connectivity index (χ0v) is 14.1. The van der Waals surface area contributed by atoms with E-state index in [-0.39, 0.29) is 12.5 Å². The molecule has 0 fully saturated rings. The van der Waals surface area contributed by atoms with Gasteiger partial charge < -0.3 is 15.4 Å². The summed E-state index contributed by atoms with van der Waals surface area (Å²) in [5.74, 6) is 1.20. The molecule has 122 valence electrons. The monoisotopic (exact) mass is 332 g/mol. The molecule has 2 aromatic carbocycles. The maximum Gasteiger partial charge on any atom is 0.243 e.